The molecule has 0 spiro atoms. The number of ether oxygens (including phenoxy) is 2. The number of aryl methyl sites for hydroxylation is 1. The third kappa shape index (κ3) is 6.38. The molecule has 0 radical (unpaired) electrons. The molecule has 1 aliphatic rings. The van der Waals surface area contributed by atoms with Crippen LogP contribution in [0.25, 0.3) is 16.9 Å². The second-order valence-electron chi connectivity index (χ2n) is 9.76. The number of carbonyl (C=O) groups excluding carboxylic acids is 2. The van der Waals surface area contributed by atoms with Crippen molar-refractivity contribution in [2.75, 3.05) is 32.1 Å². The summed E-state index contributed by atoms with van der Waals surface area (Å²) in [7, 11) is 1.59. The Bertz CT molecular complexity index is 1460. The zero-order valence-corrected chi connectivity index (χ0v) is 22.5. The summed E-state index contributed by atoms with van der Waals surface area (Å²) < 4.78 is 26.3. The highest BCUT2D eigenvalue weighted by molar-refractivity contribution is 5.99. The topological polar surface area (TPSA) is 85.7 Å². The van der Waals surface area contributed by atoms with Crippen LogP contribution in [0.5, 0.6) is 5.75 Å². The molecule has 1 saturated heterocycles. The second kappa shape index (κ2) is 12.1. The Balaban J connectivity index is 1.41. The first-order chi connectivity index (χ1) is 19.4. The van der Waals surface area contributed by atoms with Crippen molar-refractivity contribution in [3.8, 4) is 22.7 Å². The van der Waals surface area contributed by atoms with Gasteiger partial charge in [0, 0.05) is 36.2 Å². The van der Waals surface area contributed by atoms with E-state index in [1.54, 1.807) is 42.1 Å². The van der Waals surface area contributed by atoms with Crippen molar-refractivity contribution in [3.05, 3.63) is 95.9 Å². The fourth-order valence-electron chi connectivity index (χ4n) is 4.64. The van der Waals surface area contributed by atoms with Gasteiger partial charge in [0.15, 0.2) is 0 Å². The predicted octanol–water partition coefficient (Wildman–Crippen LogP) is 5.26. The van der Waals surface area contributed by atoms with Crippen molar-refractivity contribution in [2.24, 2.45) is 0 Å². The number of benzene rings is 3. The van der Waals surface area contributed by atoms with E-state index in [9.17, 15) is 14.0 Å². The molecule has 5 rings (SSSR count). The van der Waals surface area contributed by atoms with Gasteiger partial charge >= 0.3 is 0 Å². The van der Waals surface area contributed by atoms with Crippen LogP contribution in [0.15, 0.2) is 79.0 Å². The summed E-state index contributed by atoms with van der Waals surface area (Å²) in [6.45, 7) is 2.73. The van der Waals surface area contributed by atoms with Crippen LogP contribution in [0.4, 0.5) is 10.3 Å². The Hall–Kier alpha value is -4.50. The predicted molar refractivity (Wildman–Crippen MR) is 150 cm³/mol. The molecular formula is C31H31FN4O4. The highest BCUT2D eigenvalue weighted by Gasteiger charge is 2.26. The maximum atomic E-state index is 13.6. The number of hydrogen-bond acceptors (Lipinski definition) is 5. The summed E-state index contributed by atoms with van der Waals surface area (Å²) in [6.07, 6.45) is 3.41. The van der Waals surface area contributed by atoms with Gasteiger partial charge in [-0.2, -0.15) is 0 Å². The van der Waals surface area contributed by atoms with Gasteiger partial charge in [0.05, 0.1) is 18.9 Å². The molecule has 0 aliphatic carbocycles. The summed E-state index contributed by atoms with van der Waals surface area (Å²) >= 11 is 0. The first-order valence-corrected chi connectivity index (χ1v) is 13.2. The van der Waals surface area contributed by atoms with E-state index < -0.39 is 5.91 Å². The van der Waals surface area contributed by atoms with E-state index in [1.807, 2.05) is 43.3 Å². The highest BCUT2D eigenvalue weighted by Crippen LogP contribution is 2.26. The molecule has 0 saturated carbocycles. The van der Waals surface area contributed by atoms with Crippen molar-refractivity contribution in [1.29, 1.82) is 0 Å². The molecule has 1 aromatic heterocycles. The molecule has 206 valence electrons. The van der Waals surface area contributed by atoms with Crippen molar-refractivity contribution >= 4 is 17.8 Å². The van der Waals surface area contributed by atoms with Crippen LogP contribution in [-0.2, 0) is 9.53 Å². The third-order valence-corrected chi connectivity index (χ3v) is 6.82. The first-order valence-electron chi connectivity index (χ1n) is 13.2. The molecule has 0 bridgehead atoms. The van der Waals surface area contributed by atoms with Gasteiger partial charge in [-0.25, -0.2) is 9.37 Å². The Morgan fingerprint density at radius 3 is 2.45 bits per heavy atom. The summed E-state index contributed by atoms with van der Waals surface area (Å²) in [4.78, 5) is 33.0. The van der Waals surface area contributed by atoms with E-state index in [1.165, 1.54) is 17.0 Å². The van der Waals surface area contributed by atoms with Gasteiger partial charge in [-0.05, 0) is 80.4 Å². The van der Waals surface area contributed by atoms with Crippen LogP contribution in [0.2, 0.25) is 0 Å². The summed E-state index contributed by atoms with van der Waals surface area (Å²) in [5, 5.41) is 2.87. The SMILES string of the molecule is COc1ccc(-c2cn(-c3ccc(F)cc3)c(NC(=O)CN(C[C@@H]3CCCO3)C(=O)c3ccc(C)cc3)n2)cc1. The lowest BCUT2D eigenvalue weighted by atomic mass is 10.1. The van der Waals surface area contributed by atoms with Crippen molar-refractivity contribution in [3.63, 3.8) is 0 Å². The van der Waals surface area contributed by atoms with Crippen LogP contribution in [0, 0.1) is 12.7 Å². The van der Waals surface area contributed by atoms with E-state index >= 15 is 0 Å². The van der Waals surface area contributed by atoms with Crippen LogP contribution in [0.1, 0.15) is 28.8 Å². The minimum absolute atomic E-state index is 0.120. The molecule has 1 atom stereocenters. The number of imidazole rings is 1. The quantitative estimate of drug-likeness (QED) is 0.312. The number of carbonyl (C=O) groups is 2. The van der Waals surface area contributed by atoms with Crippen molar-refractivity contribution in [1.82, 2.24) is 14.5 Å². The number of amides is 2. The molecule has 2 amide bonds. The molecule has 0 unspecified atom stereocenters. The van der Waals surface area contributed by atoms with E-state index in [0.717, 1.165) is 24.0 Å². The average molecular weight is 543 g/mol. The van der Waals surface area contributed by atoms with Gasteiger partial charge in [0.1, 0.15) is 18.1 Å². The molecule has 2 heterocycles. The van der Waals surface area contributed by atoms with Crippen LogP contribution < -0.4 is 10.1 Å². The number of nitrogens with zero attached hydrogens (tertiary/aromatic N) is 3. The number of anilines is 1. The Morgan fingerprint density at radius 2 is 1.80 bits per heavy atom. The minimum atomic E-state index is -0.409. The molecule has 1 N–H and O–H groups in total. The minimum Gasteiger partial charge on any atom is -0.497 e. The lowest BCUT2D eigenvalue weighted by Gasteiger charge is -2.25. The molecule has 9 heteroatoms. The average Bonchev–Trinajstić information content (AvgIpc) is 3.63. The molecule has 1 fully saturated rings. The van der Waals surface area contributed by atoms with Crippen LogP contribution in [0.3, 0.4) is 0 Å². The van der Waals surface area contributed by atoms with Gasteiger partial charge in [-0.1, -0.05) is 17.7 Å². The Kier molecular flexibility index (Phi) is 8.21. The molecular weight excluding hydrogens is 511 g/mol. The first kappa shape index (κ1) is 27.1. The standard InChI is InChI=1S/C31H31FN4O4/c1-21-5-7-23(8-6-21)30(38)35(18-27-4-3-17-40-27)20-29(37)34-31-33-28(22-9-15-26(39-2)16-10-22)19-36(31)25-13-11-24(32)12-14-25/h5-16,19,27H,3-4,17-18,20H2,1-2H3,(H,33,34,37)/t27-/m0/s1. The van der Waals surface area contributed by atoms with Crippen LogP contribution in [-0.4, -0.2) is 59.2 Å². The Labute approximate surface area is 232 Å². The lowest BCUT2D eigenvalue weighted by molar-refractivity contribution is -0.117. The maximum absolute atomic E-state index is 13.6. The van der Waals surface area contributed by atoms with Gasteiger partial charge in [-0.3, -0.25) is 19.5 Å². The van der Waals surface area contributed by atoms with E-state index in [0.29, 0.717) is 35.8 Å². The van der Waals surface area contributed by atoms with E-state index in [4.69, 9.17) is 9.47 Å². The maximum Gasteiger partial charge on any atom is 0.254 e. The number of methoxy groups -OCH3 is 1. The normalized spacial score (nSPS) is 14.6. The lowest BCUT2D eigenvalue weighted by Crippen LogP contribution is -2.42. The smallest absolute Gasteiger partial charge is 0.254 e. The van der Waals surface area contributed by atoms with Gasteiger partial charge in [0.25, 0.3) is 5.91 Å². The second-order valence-corrected chi connectivity index (χ2v) is 9.76. The third-order valence-electron chi connectivity index (χ3n) is 6.82. The number of halogens is 1. The van der Waals surface area contributed by atoms with Crippen molar-refractivity contribution < 1.29 is 23.5 Å². The fraction of sp³-hybridized carbons (Fsp3) is 0.258. The largest absolute Gasteiger partial charge is 0.497 e. The summed E-state index contributed by atoms with van der Waals surface area (Å²) in [5.74, 6) is -0.0635. The monoisotopic (exact) mass is 542 g/mol. The van der Waals surface area contributed by atoms with E-state index in [2.05, 4.69) is 10.3 Å². The van der Waals surface area contributed by atoms with E-state index in [-0.39, 0.29) is 30.3 Å². The highest BCUT2D eigenvalue weighted by atomic mass is 19.1. The number of aromatic nitrogens is 2. The van der Waals surface area contributed by atoms with Gasteiger partial charge in [-0.15, -0.1) is 0 Å². The molecule has 4 aromatic rings. The summed E-state index contributed by atoms with van der Waals surface area (Å²) in [5.41, 5.74) is 3.59. The zero-order chi connectivity index (χ0) is 28.1. The molecule has 8 nitrogen and oxygen atoms in total. The molecule has 3 aromatic carbocycles. The Morgan fingerprint density at radius 1 is 1.07 bits per heavy atom. The van der Waals surface area contributed by atoms with Crippen LogP contribution >= 0.6 is 0 Å². The number of rotatable bonds is 9. The number of nitrogens with one attached hydrogen (secondary N) is 1. The fourth-order valence-corrected chi connectivity index (χ4v) is 4.64. The van der Waals surface area contributed by atoms with Gasteiger partial charge < -0.3 is 14.4 Å². The molecule has 40 heavy (non-hydrogen) atoms. The van der Waals surface area contributed by atoms with Gasteiger partial charge in [0.2, 0.25) is 11.9 Å². The number of hydrogen-bond donors (Lipinski definition) is 1. The molecule has 1 aliphatic heterocycles. The van der Waals surface area contributed by atoms with Crippen molar-refractivity contribution in [2.45, 2.75) is 25.9 Å². The zero-order valence-electron chi connectivity index (χ0n) is 22.5. The summed E-state index contributed by atoms with van der Waals surface area (Å²) in [6, 6.07) is 20.6.